The molecule has 0 saturated heterocycles. The molecule has 1 amide bonds. The summed E-state index contributed by atoms with van der Waals surface area (Å²) in [5.41, 5.74) is 3.12. The van der Waals surface area contributed by atoms with Gasteiger partial charge in [0.15, 0.2) is 0 Å². The Morgan fingerprint density at radius 3 is 2.56 bits per heavy atom. The summed E-state index contributed by atoms with van der Waals surface area (Å²) in [5.74, 6) is 0.873. The molecule has 0 spiro atoms. The lowest BCUT2D eigenvalue weighted by Gasteiger charge is -2.37. The van der Waals surface area contributed by atoms with Gasteiger partial charge in [0.25, 0.3) is 0 Å². The fourth-order valence-corrected chi connectivity index (χ4v) is 3.50. The SMILES string of the molecule is CCC1c2ccc(OCc3ccccc3)cc2CCN1C(=O)OC(C)(C)C. The van der Waals surface area contributed by atoms with Crippen LogP contribution in [0, 0.1) is 0 Å². The molecular formula is C23H29NO3. The standard InChI is InChI=1S/C23H29NO3/c1-5-21-20-12-11-19(26-16-17-9-7-6-8-10-17)15-18(20)13-14-24(21)22(25)27-23(2,3)4/h6-12,15,21H,5,13-14,16H2,1-4H3. The summed E-state index contributed by atoms with van der Waals surface area (Å²) in [6.45, 7) is 9.04. The molecule has 144 valence electrons. The van der Waals surface area contributed by atoms with Gasteiger partial charge in [0.05, 0.1) is 6.04 Å². The molecule has 1 aliphatic heterocycles. The summed E-state index contributed by atoms with van der Waals surface area (Å²) in [4.78, 5) is 14.5. The Bertz CT molecular complexity index is 780. The third-order valence-electron chi connectivity index (χ3n) is 4.73. The minimum Gasteiger partial charge on any atom is -0.489 e. The predicted octanol–water partition coefficient (Wildman–Crippen LogP) is 5.51. The van der Waals surface area contributed by atoms with Gasteiger partial charge in [0, 0.05) is 6.54 Å². The van der Waals surface area contributed by atoms with E-state index in [-0.39, 0.29) is 12.1 Å². The van der Waals surface area contributed by atoms with E-state index in [2.05, 4.69) is 31.2 Å². The average Bonchev–Trinajstić information content (AvgIpc) is 2.64. The van der Waals surface area contributed by atoms with Crippen molar-refractivity contribution in [2.24, 2.45) is 0 Å². The molecular weight excluding hydrogens is 338 g/mol. The fourth-order valence-electron chi connectivity index (χ4n) is 3.50. The van der Waals surface area contributed by atoms with Crippen molar-refractivity contribution in [3.63, 3.8) is 0 Å². The third-order valence-corrected chi connectivity index (χ3v) is 4.73. The normalized spacial score (nSPS) is 16.6. The molecule has 27 heavy (non-hydrogen) atoms. The van der Waals surface area contributed by atoms with Crippen molar-refractivity contribution < 1.29 is 14.3 Å². The molecule has 2 aromatic rings. The van der Waals surface area contributed by atoms with Crippen LogP contribution in [-0.2, 0) is 17.8 Å². The molecule has 1 unspecified atom stereocenters. The Balaban J connectivity index is 1.73. The zero-order valence-electron chi connectivity index (χ0n) is 16.7. The van der Waals surface area contributed by atoms with Crippen molar-refractivity contribution in [2.75, 3.05) is 6.54 Å². The van der Waals surface area contributed by atoms with Crippen molar-refractivity contribution in [3.05, 3.63) is 65.2 Å². The van der Waals surface area contributed by atoms with Gasteiger partial charge in [-0.05, 0) is 62.4 Å². The van der Waals surface area contributed by atoms with E-state index >= 15 is 0 Å². The lowest BCUT2D eigenvalue weighted by Crippen LogP contribution is -2.42. The van der Waals surface area contributed by atoms with Crippen LogP contribution in [0.1, 0.15) is 56.8 Å². The van der Waals surface area contributed by atoms with Gasteiger partial charge >= 0.3 is 6.09 Å². The summed E-state index contributed by atoms with van der Waals surface area (Å²) in [6.07, 6.45) is 1.44. The summed E-state index contributed by atoms with van der Waals surface area (Å²) < 4.78 is 11.6. The first kappa shape index (κ1) is 19.3. The average molecular weight is 367 g/mol. The van der Waals surface area contributed by atoms with Crippen LogP contribution in [0.2, 0.25) is 0 Å². The van der Waals surface area contributed by atoms with Crippen molar-refractivity contribution in [3.8, 4) is 5.75 Å². The first-order valence-corrected chi connectivity index (χ1v) is 9.66. The number of fused-ring (bicyclic) bond motifs is 1. The molecule has 0 radical (unpaired) electrons. The number of nitrogens with zero attached hydrogens (tertiary/aromatic N) is 1. The van der Waals surface area contributed by atoms with E-state index in [1.165, 1.54) is 11.1 Å². The van der Waals surface area contributed by atoms with Gasteiger partial charge in [0.1, 0.15) is 18.0 Å². The van der Waals surface area contributed by atoms with Crippen LogP contribution in [0.15, 0.2) is 48.5 Å². The van der Waals surface area contributed by atoms with Crippen molar-refractivity contribution in [1.29, 1.82) is 0 Å². The van der Waals surface area contributed by atoms with E-state index in [0.717, 1.165) is 24.2 Å². The molecule has 1 atom stereocenters. The lowest BCUT2D eigenvalue weighted by molar-refractivity contribution is 0.0137. The monoisotopic (exact) mass is 367 g/mol. The number of benzene rings is 2. The number of hydrogen-bond acceptors (Lipinski definition) is 3. The Hall–Kier alpha value is -2.49. The number of hydrogen-bond donors (Lipinski definition) is 0. The van der Waals surface area contributed by atoms with E-state index in [9.17, 15) is 4.79 Å². The zero-order valence-corrected chi connectivity index (χ0v) is 16.7. The molecule has 0 N–H and O–H groups in total. The summed E-state index contributed by atoms with van der Waals surface area (Å²) >= 11 is 0. The number of amides is 1. The van der Waals surface area contributed by atoms with Gasteiger partial charge in [-0.15, -0.1) is 0 Å². The highest BCUT2D eigenvalue weighted by atomic mass is 16.6. The van der Waals surface area contributed by atoms with Gasteiger partial charge in [-0.3, -0.25) is 0 Å². The molecule has 0 aliphatic carbocycles. The van der Waals surface area contributed by atoms with E-state index in [0.29, 0.717) is 13.2 Å². The first-order chi connectivity index (χ1) is 12.9. The maximum atomic E-state index is 12.6. The molecule has 3 rings (SSSR count). The molecule has 1 heterocycles. The van der Waals surface area contributed by atoms with Gasteiger partial charge in [-0.2, -0.15) is 0 Å². The minimum atomic E-state index is -0.481. The Morgan fingerprint density at radius 1 is 1.15 bits per heavy atom. The van der Waals surface area contributed by atoms with Crippen LogP contribution in [0.5, 0.6) is 5.75 Å². The molecule has 0 bridgehead atoms. The Morgan fingerprint density at radius 2 is 1.89 bits per heavy atom. The molecule has 0 saturated carbocycles. The van der Waals surface area contributed by atoms with Crippen LogP contribution in [0.3, 0.4) is 0 Å². The van der Waals surface area contributed by atoms with Crippen LogP contribution in [0.4, 0.5) is 4.79 Å². The minimum absolute atomic E-state index is 0.0479. The topological polar surface area (TPSA) is 38.8 Å². The van der Waals surface area contributed by atoms with Crippen molar-refractivity contribution >= 4 is 6.09 Å². The maximum absolute atomic E-state index is 12.6. The zero-order chi connectivity index (χ0) is 19.4. The third kappa shape index (κ3) is 4.82. The molecule has 0 fully saturated rings. The predicted molar refractivity (Wildman–Crippen MR) is 107 cm³/mol. The molecule has 0 aromatic heterocycles. The number of carbonyl (C=O) groups excluding carboxylic acids is 1. The second kappa shape index (κ2) is 8.03. The van der Waals surface area contributed by atoms with Crippen LogP contribution >= 0.6 is 0 Å². The Kier molecular flexibility index (Phi) is 5.73. The second-order valence-corrected chi connectivity index (χ2v) is 7.98. The number of ether oxygens (including phenoxy) is 2. The highest BCUT2D eigenvalue weighted by molar-refractivity contribution is 5.69. The van der Waals surface area contributed by atoms with Crippen molar-refractivity contribution in [1.82, 2.24) is 4.90 Å². The first-order valence-electron chi connectivity index (χ1n) is 9.66. The largest absolute Gasteiger partial charge is 0.489 e. The molecule has 4 nitrogen and oxygen atoms in total. The molecule has 4 heteroatoms. The van der Waals surface area contributed by atoms with E-state index in [1.54, 1.807) is 0 Å². The second-order valence-electron chi connectivity index (χ2n) is 7.98. The van der Waals surface area contributed by atoms with E-state index in [4.69, 9.17) is 9.47 Å². The highest BCUT2D eigenvalue weighted by Crippen LogP contribution is 2.35. The summed E-state index contributed by atoms with van der Waals surface area (Å²) in [6, 6.07) is 16.4. The Labute approximate surface area is 162 Å². The quantitative estimate of drug-likeness (QED) is 0.715. The van der Waals surface area contributed by atoms with Gasteiger partial charge in [-0.1, -0.05) is 43.3 Å². The van der Waals surface area contributed by atoms with Crippen LogP contribution < -0.4 is 4.74 Å². The van der Waals surface area contributed by atoms with Crippen LogP contribution in [0.25, 0.3) is 0 Å². The fraction of sp³-hybridized carbons (Fsp3) is 0.435. The number of carbonyl (C=O) groups is 1. The van der Waals surface area contributed by atoms with Gasteiger partial charge < -0.3 is 14.4 Å². The van der Waals surface area contributed by atoms with Crippen LogP contribution in [-0.4, -0.2) is 23.1 Å². The molecule has 1 aliphatic rings. The van der Waals surface area contributed by atoms with Crippen molar-refractivity contribution in [2.45, 2.75) is 58.8 Å². The number of rotatable bonds is 4. The maximum Gasteiger partial charge on any atom is 0.410 e. The van der Waals surface area contributed by atoms with E-state index < -0.39 is 5.60 Å². The highest BCUT2D eigenvalue weighted by Gasteiger charge is 2.32. The molecule has 2 aromatic carbocycles. The van der Waals surface area contributed by atoms with Gasteiger partial charge in [-0.25, -0.2) is 4.79 Å². The summed E-state index contributed by atoms with van der Waals surface area (Å²) in [5, 5.41) is 0. The summed E-state index contributed by atoms with van der Waals surface area (Å²) in [7, 11) is 0. The smallest absolute Gasteiger partial charge is 0.410 e. The lowest BCUT2D eigenvalue weighted by atomic mass is 9.91. The van der Waals surface area contributed by atoms with Gasteiger partial charge in [0.2, 0.25) is 0 Å². The van der Waals surface area contributed by atoms with E-state index in [1.807, 2.05) is 49.9 Å².